The van der Waals surface area contributed by atoms with Gasteiger partial charge >= 0.3 is 0 Å². The normalized spacial score (nSPS) is 18.6. The molecule has 2 aliphatic rings. The molecule has 2 aliphatic heterocycles. The summed E-state index contributed by atoms with van der Waals surface area (Å²) in [6.45, 7) is 2.24. The number of hydrogen-bond donors (Lipinski definition) is 1. The Hall–Kier alpha value is -3.51. The number of thioether (sulfide) groups is 1. The lowest BCUT2D eigenvalue weighted by atomic mass is 10.1. The highest BCUT2D eigenvalue weighted by molar-refractivity contribution is 8.15. The zero-order chi connectivity index (χ0) is 22.0. The fourth-order valence-corrected chi connectivity index (χ4v) is 4.20. The monoisotopic (exact) mass is 437 g/mol. The van der Waals surface area contributed by atoms with Crippen LogP contribution in [0.1, 0.15) is 28.4 Å². The van der Waals surface area contributed by atoms with Gasteiger partial charge in [-0.1, -0.05) is 23.9 Å². The van der Waals surface area contributed by atoms with E-state index in [0.717, 1.165) is 17.3 Å². The van der Waals surface area contributed by atoms with Crippen LogP contribution in [0.2, 0.25) is 0 Å². The van der Waals surface area contributed by atoms with Gasteiger partial charge in [-0.2, -0.15) is 5.26 Å². The molecule has 3 amide bonds. The van der Waals surface area contributed by atoms with Crippen molar-refractivity contribution in [3.63, 3.8) is 0 Å². The maximum absolute atomic E-state index is 12.8. The van der Waals surface area contributed by atoms with Crippen LogP contribution in [-0.4, -0.2) is 46.6 Å². The Kier molecular flexibility index (Phi) is 5.82. The van der Waals surface area contributed by atoms with Crippen molar-refractivity contribution in [2.24, 2.45) is 0 Å². The highest BCUT2D eigenvalue weighted by Gasteiger charge is 2.32. The van der Waals surface area contributed by atoms with E-state index in [1.54, 1.807) is 29.2 Å². The second kappa shape index (κ2) is 8.70. The first kappa shape index (κ1) is 20.8. The van der Waals surface area contributed by atoms with Gasteiger partial charge in [0.25, 0.3) is 11.1 Å². The predicted octanol–water partition coefficient (Wildman–Crippen LogP) is 2.71. The van der Waals surface area contributed by atoms with Crippen LogP contribution >= 0.6 is 11.8 Å². The number of amides is 3. The zero-order valence-corrected chi connectivity index (χ0v) is 17.5. The quantitative estimate of drug-likeness (QED) is 0.740. The lowest BCUT2D eigenvalue weighted by molar-refractivity contribution is -0.118. The lowest BCUT2D eigenvalue weighted by Gasteiger charge is -2.33. The molecule has 1 N–H and O–H groups in total. The number of nitrogens with zero attached hydrogens (tertiary/aromatic N) is 2. The van der Waals surface area contributed by atoms with Gasteiger partial charge in [0.1, 0.15) is 18.1 Å². The van der Waals surface area contributed by atoms with Crippen molar-refractivity contribution in [1.29, 1.82) is 5.26 Å². The Morgan fingerprint density at radius 3 is 2.71 bits per heavy atom. The van der Waals surface area contributed by atoms with Crippen LogP contribution in [0.4, 0.5) is 4.79 Å². The first-order valence-electron chi connectivity index (χ1n) is 9.65. The van der Waals surface area contributed by atoms with E-state index in [1.165, 1.54) is 6.07 Å². The second-order valence-electron chi connectivity index (χ2n) is 7.26. The van der Waals surface area contributed by atoms with E-state index in [9.17, 15) is 14.4 Å². The van der Waals surface area contributed by atoms with E-state index in [1.807, 2.05) is 25.1 Å². The van der Waals surface area contributed by atoms with Crippen molar-refractivity contribution in [2.75, 3.05) is 13.3 Å². The number of benzene rings is 2. The molecule has 0 aromatic heterocycles. The zero-order valence-electron chi connectivity index (χ0n) is 16.7. The summed E-state index contributed by atoms with van der Waals surface area (Å²) in [5, 5.41) is 10.6. The molecule has 2 heterocycles. The van der Waals surface area contributed by atoms with Gasteiger partial charge in [-0.25, -0.2) is 0 Å². The SMILES string of the molecule is CC(COc1ccc(CC2SC(=O)NC2=O)cc1)N1COc2ccc(C#N)cc2C1=O. The first-order chi connectivity index (χ1) is 14.9. The molecule has 0 aliphatic carbocycles. The third-order valence-electron chi connectivity index (χ3n) is 5.09. The summed E-state index contributed by atoms with van der Waals surface area (Å²) in [5.74, 6) is 0.639. The average molecular weight is 437 g/mol. The lowest BCUT2D eigenvalue weighted by Crippen LogP contribution is -2.46. The molecule has 1 fully saturated rings. The molecule has 0 spiro atoms. The smallest absolute Gasteiger partial charge is 0.286 e. The van der Waals surface area contributed by atoms with Crippen LogP contribution in [0.5, 0.6) is 11.5 Å². The fraction of sp³-hybridized carbons (Fsp3) is 0.273. The third kappa shape index (κ3) is 4.49. The highest BCUT2D eigenvalue weighted by atomic mass is 32.2. The van der Waals surface area contributed by atoms with E-state index in [-0.39, 0.29) is 36.4 Å². The molecule has 2 atom stereocenters. The van der Waals surface area contributed by atoms with Crippen LogP contribution < -0.4 is 14.8 Å². The number of fused-ring (bicyclic) bond motifs is 1. The third-order valence-corrected chi connectivity index (χ3v) is 6.08. The van der Waals surface area contributed by atoms with Crippen LogP contribution in [0, 0.1) is 11.3 Å². The number of nitrogens with one attached hydrogen (secondary N) is 1. The molecule has 4 rings (SSSR count). The van der Waals surface area contributed by atoms with Gasteiger partial charge in [-0.15, -0.1) is 0 Å². The van der Waals surface area contributed by atoms with Crippen LogP contribution in [0.15, 0.2) is 42.5 Å². The maximum atomic E-state index is 12.8. The van der Waals surface area contributed by atoms with Gasteiger partial charge in [-0.3, -0.25) is 24.6 Å². The molecular formula is C22H19N3O5S. The van der Waals surface area contributed by atoms with Crippen molar-refractivity contribution >= 4 is 28.8 Å². The van der Waals surface area contributed by atoms with Gasteiger partial charge in [-0.05, 0) is 49.2 Å². The van der Waals surface area contributed by atoms with Gasteiger partial charge in [0.05, 0.1) is 28.5 Å². The summed E-state index contributed by atoms with van der Waals surface area (Å²) >= 11 is 1.00. The second-order valence-corrected chi connectivity index (χ2v) is 8.44. The summed E-state index contributed by atoms with van der Waals surface area (Å²) in [4.78, 5) is 37.3. The molecule has 0 bridgehead atoms. The largest absolute Gasteiger partial charge is 0.491 e. The van der Waals surface area contributed by atoms with Crippen molar-refractivity contribution < 1.29 is 23.9 Å². The molecule has 0 saturated carbocycles. The molecule has 158 valence electrons. The van der Waals surface area contributed by atoms with E-state index >= 15 is 0 Å². The number of hydrogen-bond acceptors (Lipinski definition) is 7. The van der Waals surface area contributed by atoms with Gasteiger partial charge < -0.3 is 9.47 Å². The highest BCUT2D eigenvalue weighted by Crippen LogP contribution is 2.27. The molecule has 2 aromatic rings. The molecular weight excluding hydrogens is 418 g/mol. The minimum absolute atomic E-state index is 0.112. The molecule has 2 unspecified atom stereocenters. The van der Waals surface area contributed by atoms with Gasteiger partial charge in [0, 0.05) is 0 Å². The standard InChI is InChI=1S/C22H19N3O5S/c1-13(25-12-30-18-7-4-15(10-23)8-17(18)21(25)27)11-29-16-5-2-14(3-6-16)9-19-20(26)24-22(28)31-19/h2-8,13,19H,9,11-12H2,1H3,(H,24,26,28). The van der Waals surface area contributed by atoms with Crippen LogP contribution in [0.3, 0.4) is 0 Å². The summed E-state index contributed by atoms with van der Waals surface area (Å²) in [7, 11) is 0. The van der Waals surface area contributed by atoms with Crippen molar-refractivity contribution in [1.82, 2.24) is 10.2 Å². The van der Waals surface area contributed by atoms with Gasteiger partial charge in [0.2, 0.25) is 5.91 Å². The summed E-state index contributed by atoms with van der Waals surface area (Å²) in [6.07, 6.45) is 0.461. The molecule has 31 heavy (non-hydrogen) atoms. The number of ether oxygens (including phenoxy) is 2. The van der Waals surface area contributed by atoms with Crippen LogP contribution in [0.25, 0.3) is 0 Å². The van der Waals surface area contributed by atoms with E-state index in [0.29, 0.717) is 29.0 Å². The summed E-state index contributed by atoms with van der Waals surface area (Å²) < 4.78 is 11.5. The Balaban J connectivity index is 1.34. The number of carbonyl (C=O) groups is 3. The van der Waals surface area contributed by atoms with Crippen molar-refractivity contribution in [3.8, 4) is 17.6 Å². The van der Waals surface area contributed by atoms with Gasteiger partial charge in [0.15, 0.2) is 6.73 Å². The number of nitriles is 1. The number of carbonyl (C=O) groups excluding carboxylic acids is 3. The molecule has 1 saturated heterocycles. The molecule has 9 heteroatoms. The van der Waals surface area contributed by atoms with Crippen molar-refractivity contribution in [2.45, 2.75) is 24.6 Å². The fourth-order valence-electron chi connectivity index (χ4n) is 3.34. The Labute approximate surface area is 183 Å². The topological polar surface area (TPSA) is 109 Å². The Morgan fingerprint density at radius 2 is 2.03 bits per heavy atom. The maximum Gasteiger partial charge on any atom is 0.286 e. The minimum Gasteiger partial charge on any atom is -0.491 e. The van der Waals surface area contributed by atoms with E-state index in [4.69, 9.17) is 14.7 Å². The molecule has 0 radical (unpaired) electrons. The molecule has 2 aromatic carbocycles. The Morgan fingerprint density at radius 1 is 1.26 bits per heavy atom. The van der Waals surface area contributed by atoms with Crippen LogP contribution in [-0.2, 0) is 11.2 Å². The number of imide groups is 1. The Bertz CT molecular complexity index is 1080. The predicted molar refractivity (Wildman–Crippen MR) is 113 cm³/mol. The first-order valence-corrected chi connectivity index (χ1v) is 10.5. The number of rotatable bonds is 6. The van der Waals surface area contributed by atoms with E-state index < -0.39 is 5.25 Å². The average Bonchev–Trinajstić information content (AvgIpc) is 3.09. The van der Waals surface area contributed by atoms with Crippen molar-refractivity contribution in [3.05, 3.63) is 59.2 Å². The molecule has 8 nitrogen and oxygen atoms in total. The summed E-state index contributed by atoms with van der Waals surface area (Å²) in [6, 6.07) is 13.9. The minimum atomic E-state index is -0.408. The van der Waals surface area contributed by atoms with E-state index in [2.05, 4.69) is 5.32 Å². The summed E-state index contributed by atoms with van der Waals surface area (Å²) in [5.41, 5.74) is 1.69.